The minimum Gasteiger partial charge on any atom is -0.369 e. The molecule has 48 heavy (non-hydrogen) atoms. The summed E-state index contributed by atoms with van der Waals surface area (Å²) in [7, 11) is 6.62. The third-order valence-electron chi connectivity index (χ3n) is 11.5. The van der Waals surface area contributed by atoms with Crippen molar-refractivity contribution in [3.8, 4) is 0 Å². The molecule has 2 aromatic rings. The number of likely N-dealkylation sites (N-methyl/N-ethyl adjacent to an activating group) is 1. The van der Waals surface area contributed by atoms with Gasteiger partial charge in [-0.1, -0.05) is 77.4 Å². The van der Waals surface area contributed by atoms with E-state index in [1.54, 1.807) is 5.56 Å². The molecule has 5 heteroatoms. The number of piperazine rings is 1. The van der Waals surface area contributed by atoms with Crippen LogP contribution in [0.15, 0.2) is 48.5 Å². The molecule has 272 valence electrons. The molecule has 4 heterocycles. The number of anilines is 1. The van der Waals surface area contributed by atoms with Crippen molar-refractivity contribution in [2.75, 3.05) is 98.0 Å². The highest BCUT2D eigenvalue weighted by atomic mass is 15.2. The van der Waals surface area contributed by atoms with Gasteiger partial charge in [0, 0.05) is 31.9 Å². The predicted octanol–water partition coefficient (Wildman–Crippen LogP) is 8.54. The van der Waals surface area contributed by atoms with Gasteiger partial charge < -0.3 is 24.5 Å². The summed E-state index contributed by atoms with van der Waals surface area (Å²) in [4.78, 5) is 12.2. The highest BCUT2D eigenvalue weighted by molar-refractivity contribution is 5.48. The van der Waals surface area contributed by atoms with E-state index < -0.39 is 0 Å². The fraction of sp³-hybridized carbons (Fsp3) is 0.721. The van der Waals surface area contributed by atoms with Crippen LogP contribution in [0.25, 0.3) is 0 Å². The average Bonchev–Trinajstić information content (AvgIpc) is 3.14. The first-order valence-corrected chi connectivity index (χ1v) is 19.9. The van der Waals surface area contributed by atoms with Crippen molar-refractivity contribution >= 4 is 5.69 Å². The number of benzene rings is 2. The first kappa shape index (κ1) is 40.5. The van der Waals surface area contributed by atoms with Gasteiger partial charge in [0.25, 0.3) is 0 Å². The summed E-state index contributed by atoms with van der Waals surface area (Å²) in [5.74, 6) is 2.81. The second kappa shape index (κ2) is 22.7. The van der Waals surface area contributed by atoms with E-state index in [4.69, 9.17) is 0 Å². The lowest BCUT2D eigenvalue weighted by molar-refractivity contribution is 0.201. The number of likely N-dealkylation sites (tertiary alicyclic amines) is 3. The second-order valence-corrected chi connectivity index (χ2v) is 15.3. The maximum atomic E-state index is 2.53. The third-order valence-corrected chi connectivity index (χ3v) is 11.5. The van der Waals surface area contributed by atoms with Crippen molar-refractivity contribution < 1.29 is 0 Å². The molecule has 0 spiro atoms. The van der Waals surface area contributed by atoms with Crippen LogP contribution in [0.3, 0.4) is 0 Å². The van der Waals surface area contributed by atoms with E-state index in [9.17, 15) is 0 Å². The van der Waals surface area contributed by atoms with Gasteiger partial charge in [-0.15, -0.1) is 0 Å². The molecule has 5 nitrogen and oxygen atoms in total. The Morgan fingerprint density at radius 2 is 0.979 bits per heavy atom. The molecule has 0 bridgehead atoms. The van der Waals surface area contributed by atoms with Crippen molar-refractivity contribution in [1.29, 1.82) is 0 Å². The molecule has 4 aliphatic rings. The number of hydrogen-bond donors (Lipinski definition) is 0. The Labute approximate surface area is 298 Å². The molecule has 6 rings (SSSR count). The monoisotopic (exact) mass is 662 g/mol. The summed E-state index contributed by atoms with van der Waals surface area (Å²) in [6.07, 6.45) is 12.0. The summed E-state index contributed by atoms with van der Waals surface area (Å²) in [6, 6.07) is 18.2. The van der Waals surface area contributed by atoms with Crippen molar-refractivity contribution in [3.63, 3.8) is 0 Å². The van der Waals surface area contributed by atoms with Crippen LogP contribution in [0, 0.1) is 11.8 Å². The van der Waals surface area contributed by atoms with Crippen LogP contribution in [-0.2, 0) is 12.8 Å². The summed E-state index contributed by atoms with van der Waals surface area (Å²) < 4.78 is 0. The van der Waals surface area contributed by atoms with Crippen molar-refractivity contribution in [1.82, 2.24) is 19.6 Å². The summed E-state index contributed by atoms with van der Waals surface area (Å²) >= 11 is 0. The largest absolute Gasteiger partial charge is 0.369 e. The Balaban J connectivity index is 0.000000179. The maximum absolute atomic E-state index is 2.53. The Morgan fingerprint density at radius 1 is 0.521 bits per heavy atom. The van der Waals surface area contributed by atoms with E-state index >= 15 is 0 Å². The second-order valence-electron chi connectivity index (χ2n) is 15.3. The van der Waals surface area contributed by atoms with E-state index in [0.29, 0.717) is 0 Å². The van der Waals surface area contributed by atoms with Gasteiger partial charge in [0.15, 0.2) is 0 Å². The minimum atomic E-state index is 0.798. The van der Waals surface area contributed by atoms with Gasteiger partial charge in [0.2, 0.25) is 0 Å². The number of piperidine rings is 3. The first-order valence-electron chi connectivity index (χ1n) is 19.9. The molecule has 4 aliphatic heterocycles. The standard InChI is InChI=1S/C14H21N.C13H20N2.2C8H17N/c1-3-12-4-6-13(7-5-12)14-8-10-15(2)11-9-14;1-3-12-4-6-13(7-5-12)15-10-8-14(2)9-11-15;1-3-8-4-6-9(2)7-5-8;1-3-9-6-4-8(2)5-7-9/h4-7,14H,3,8-11H2,1-2H3;4-7H,3,8-11H2,1-2H3;2*8H,3-7H2,1-2H3. The molecule has 0 saturated carbocycles. The van der Waals surface area contributed by atoms with Gasteiger partial charge in [0.05, 0.1) is 0 Å². The zero-order valence-electron chi connectivity index (χ0n) is 32.7. The molecule has 0 N–H and O–H groups in total. The number of aryl methyl sites for hydroxylation is 2. The van der Waals surface area contributed by atoms with E-state index in [-0.39, 0.29) is 0 Å². The van der Waals surface area contributed by atoms with Crippen LogP contribution >= 0.6 is 0 Å². The number of hydrogen-bond acceptors (Lipinski definition) is 5. The zero-order chi connectivity index (χ0) is 34.7. The Kier molecular flexibility index (Phi) is 19.2. The van der Waals surface area contributed by atoms with Gasteiger partial charge in [-0.2, -0.15) is 0 Å². The highest BCUT2D eigenvalue weighted by Gasteiger charge is 2.18. The highest BCUT2D eigenvalue weighted by Crippen LogP contribution is 2.27. The lowest BCUT2D eigenvalue weighted by atomic mass is 9.89. The molecule has 0 amide bonds. The molecular formula is C43H75N5. The minimum absolute atomic E-state index is 0.798. The van der Waals surface area contributed by atoms with Gasteiger partial charge in [-0.05, 0) is 165 Å². The SMILES string of the molecule is CCC1CCN(C)CC1.CCN1CCC(C)CC1.CCc1ccc(C2CCN(C)CC2)cc1.CCc1ccc(N2CCN(C)CC2)cc1. The van der Waals surface area contributed by atoms with Crippen molar-refractivity contribution in [2.24, 2.45) is 11.8 Å². The third kappa shape index (κ3) is 14.9. The molecule has 4 fully saturated rings. The van der Waals surface area contributed by atoms with Crippen LogP contribution in [0.2, 0.25) is 0 Å². The van der Waals surface area contributed by atoms with Crippen molar-refractivity contribution in [3.05, 3.63) is 65.2 Å². The van der Waals surface area contributed by atoms with Crippen LogP contribution in [-0.4, -0.2) is 113 Å². The maximum Gasteiger partial charge on any atom is 0.0367 e. The fourth-order valence-electron chi connectivity index (χ4n) is 7.22. The van der Waals surface area contributed by atoms with E-state index in [1.807, 2.05) is 0 Å². The molecule has 2 aromatic carbocycles. The smallest absolute Gasteiger partial charge is 0.0367 e. The van der Waals surface area contributed by atoms with E-state index in [2.05, 4.69) is 129 Å². The molecule has 4 saturated heterocycles. The summed E-state index contributed by atoms with van der Waals surface area (Å²) in [6.45, 7) is 25.0. The molecule has 0 radical (unpaired) electrons. The molecule has 0 atom stereocenters. The molecule has 0 aromatic heterocycles. The van der Waals surface area contributed by atoms with Gasteiger partial charge in [-0.3, -0.25) is 0 Å². The topological polar surface area (TPSA) is 16.2 Å². The Hall–Kier alpha value is -1.92. The fourth-order valence-corrected chi connectivity index (χ4v) is 7.22. The van der Waals surface area contributed by atoms with Crippen LogP contribution in [0.1, 0.15) is 102 Å². The van der Waals surface area contributed by atoms with E-state index in [0.717, 1.165) is 43.7 Å². The molecule has 0 unspecified atom stereocenters. The quantitative estimate of drug-likeness (QED) is 0.308. The van der Waals surface area contributed by atoms with Crippen LogP contribution < -0.4 is 4.90 Å². The summed E-state index contributed by atoms with van der Waals surface area (Å²) in [5.41, 5.74) is 5.79. The zero-order valence-corrected chi connectivity index (χ0v) is 32.7. The average molecular weight is 662 g/mol. The van der Waals surface area contributed by atoms with Crippen LogP contribution in [0.5, 0.6) is 0 Å². The van der Waals surface area contributed by atoms with Gasteiger partial charge in [0.1, 0.15) is 0 Å². The first-order chi connectivity index (χ1) is 23.2. The van der Waals surface area contributed by atoms with Crippen LogP contribution in [0.4, 0.5) is 5.69 Å². The number of rotatable bonds is 6. The van der Waals surface area contributed by atoms with Crippen molar-refractivity contribution in [2.45, 2.75) is 98.3 Å². The lowest BCUT2D eigenvalue weighted by Gasteiger charge is -2.34. The van der Waals surface area contributed by atoms with E-state index in [1.165, 1.54) is 121 Å². The molecular weight excluding hydrogens is 587 g/mol. The Morgan fingerprint density at radius 3 is 1.44 bits per heavy atom. The normalized spacial score (nSPS) is 21.0. The summed E-state index contributed by atoms with van der Waals surface area (Å²) in [5, 5.41) is 0. The van der Waals surface area contributed by atoms with Gasteiger partial charge >= 0.3 is 0 Å². The van der Waals surface area contributed by atoms with Gasteiger partial charge in [-0.25, -0.2) is 0 Å². The lowest BCUT2D eigenvalue weighted by Crippen LogP contribution is -2.44. The molecule has 0 aliphatic carbocycles. The predicted molar refractivity (Wildman–Crippen MR) is 212 cm³/mol. The Bertz CT molecular complexity index is 966. The number of nitrogens with zero attached hydrogens (tertiary/aromatic N) is 5.